The smallest absolute Gasteiger partial charge is 0.223 e. The third-order valence-electron chi connectivity index (χ3n) is 4.51. The fraction of sp³-hybridized carbons (Fsp3) is 0.333. The number of rotatable bonds is 3. The van der Waals surface area contributed by atoms with Crippen LogP contribution in [-0.2, 0) is 11.4 Å². The molecular weight excluding hydrogens is 306 g/mol. The first-order valence-electron chi connectivity index (χ1n) is 7.99. The van der Waals surface area contributed by atoms with E-state index in [0.29, 0.717) is 12.4 Å². The van der Waals surface area contributed by atoms with Crippen LogP contribution < -0.4 is 19.7 Å². The number of aromatic nitrogens is 1. The molecule has 0 saturated carbocycles. The Morgan fingerprint density at radius 2 is 2.17 bits per heavy atom. The first kappa shape index (κ1) is 15.0. The number of ether oxygens (including phenoxy) is 2. The van der Waals surface area contributed by atoms with E-state index in [1.165, 1.54) is 0 Å². The Kier molecular flexibility index (Phi) is 3.61. The number of carbonyl (C=O) groups excluding carboxylic acids is 1. The number of pyridine rings is 1. The molecule has 1 N–H and O–H groups in total. The third kappa shape index (κ3) is 2.49. The summed E-state index contributed by atoms with van der Waals surface area (Å²) >= 11 is 0. The summed E-state index contributed by atoms with van der Waals surface area (Å²) in [5, 5.41) is 3.18. The van der Waals surface area contributed by atoms with Crippen LogP contribution in [0.3, 0.4) is 0 Å². The van der Waals surface area contributed by atoms with Crippen LogP contribution in [0.15, 0.2) is 30.6 Å². The molecular formula is C18H19N3O3. The van der Waals surface area contributed by atoms with Crippen molar-refractivity contribution in [2.24, 2.45) is 0 Å². The van der Waals surface area contributed by atoms with Gasteiger partial charge in [0.25, 0.3) is 0 Å². The van der Waals surface area contributed by atoms with Gasteiger partial charge in [0.15, 0.2) is 11.5 Å². The van der Waals surface area contributed by atoms with Crippen molar-refractivity contribution in [1.29, 1.82) is 0 Å². The molecule has 0 aliphatic carbocycles. The van der Waals surface area contributed by atoms with Crippen LogP contribution in [0, 0.1) is 0 Å². The van der Waals surface area contributed by atoms with Gasteiger partial charge < -0.3 is 19.7 Å². The molecule has 6 nitrogen and oxygen atoms in total. The largest absolute Gasteiger partial charge is 0.484 e. The van der Waals surface area contributed by atoms with Gasteiger partial charge >= 0.3 is 0 Å². The number of amides is 1. The minimum Gasteiger partial charge on any atom is -0.484 e. The summed E-state index contributed by atoms with van der Waals surface area (Å²) in [5.41, 5.74) is 3.89. The van der Waals surface area contributed by atoms with Gasteiger partial charge in [-0.05, 0) is 23.3 Å². The second-order valence-electron chi connectivity index (χ2n) is 6.12. The SMILES string of the molecule is CC(=O)N(C)c1ccc2c(c1)COc1c(OC3CNC3)cncc1-2. The summed E-state index contributed by atoms with van der Waals surface area (Å²) in [6, 6.07) is 5.95. The lowest BCUT2D eigenvalue weighted by atomic mass is 9.97. The lowest BCUT2D eigenvalue weighted by Gasteiger charge is -2.30. The molecule has 4 rings (SSSR count). The molecule has 6 heteroatoms. The highest BCUT2D eigenvalue weighted by Crippen LogP contribution is 2.43. The van der Waals surface area contributed by atoms with Crippen LogP contribution in [0.5, 0.6) is 11.5 Å². The third-order valence-corrected chi connectivity index (χ3v) is 4.51. The van der Waals surface area contributed by atoms with Gasteiger partial charge in [0.05, 0.1) is 6.20 Å². The lowest BCUT2D eigenvalue weighted by Crippen LogP contribution is -2.50. The number of fused-ring (bicyclic) bond motifs is 3. The van der Waals surface area contributed by atoms with Crippen molar-refractivity contribution in [1.82, 2.24) is 10.3 Å². The molecule has 24 heavy (non-hydrogen) atoms. The van der Waals surface area contributed by atoms with Gasteiger partial charge in [0, 0.05) is 44.5 Å². The minimum atomic E-state index is -0.00135. The highest BCUT2D eigenvalue weighted by atomic mass is 16.5. The summed E-state index contributed by atoms with van der Waals surface area (Å²) < 4.78 is 11.9. The Morgan fingerprint density at radius 3 is 2.88 bits per heavy atom. The van der Waals surface area contributed by atoms with E-state index < -0.39 is 0 Å². The van der Waals surface area contributed by atoms with Crippen molar-refractivity contribution >= 4 is 11.6 Å². The molecule has 1 fully saturated rings. The molecule has 0 bridgehead atoms. The monoisotopic (exact) mass is 325 g/mol. The van der Waals surface area contributed by atoms with E-state index in [0.717, 1.165) is 41.2 Å². The van der Waals surface area contributed by atoms with E-state index in [4.69, 9.17) is 9.47 Å². The molecule has 1 aromatic heterocycles. The van der Waals surface area contributed by atoms with Gasteiger partial charge in [0.2, 0.25) is 5.91 Å². The van der Waals surface area contributed by atoms with Crippen molar-refractivity contribution in [3.05, 3.63) is 36.2 Å². The van der Waals surface area contributed by atoms with E-state index in [-0.39, 0.29) is 12.0 Å². The van der Waals surface area contributed by atoms with E-state index in [1.54, 1.807) is 31.3 Å². The molecule has 1 saturated heterocycles. The molecule has 0 spiro atoms. The Labute approximate surface area is 140 Å². The van der Waals surface area contributed by atoms with Crippen molar-refractivity contribution in [2.75, 3.05) is 25.0 Å². The van der Waals surface area contributed by atoms with Crippen LogP contribution in [0.2, 0.25) is 0 Å². The first-order valence-corrected chi connectivity index (χ1v) is 7.99. The fourth-order valence-electron chi connectivity index (χ4n) is 2.88. The fourth-order valence-corrected chi connectivity index (χ4v) is 2.88. The zero-order chi connectivity index (χ0) is 16.7. The number of carbonyl (C=O) groups is 1. The summed E-state index contributed by atoms with van der Waals surface area (Å²) in [6.45, 7) is 3.70. The van der Waals surface area contributed by atoms with Crippen LogP contribution in [0.4, 0.5) is 5.69 Å². The maximum atomic E-state index is 11.6. The Hall–Kier alpha value is -2.60. The van der Waals surface area contributed by atoms with Crippen LogP contribution in [0.1, 0.15) is 12.5 Å². The normalized spacial score (nSPS) is 15.6. The van der Waals surface area contributed by atoms with Gasteiger partial charge in [-0.1, -0.05) is 6.07 Å². The van der Waals surface area contributed by atoms with Crippen LogP contribution >= 0.6 is 0 Å². The predicted molar refractivity (Wildman–Crippen MR) is 90.4 cm³/mol. The highest BCUT2D eigenvalue weighted by Gasteiger charge is 2.25. The molecule has 0 atom stereocenters. The number of hydrogen-bond donors (Lipinski definition) is 1. The molecule has 1 amide bonds. The topological polar surface area (TPSA) is 63.7 Å². The van der Waals surface area contributed by atoms with Crippen molar-refractivity contribution < 1.29 is 14.3 Å². The second kappa shape index (κ2) is 5.79. The summed E-state index contributed by atoms with van der Waals surface area (Å²) in [6.07, 6.45) is 3.68. The van der Waals surface area contributed by atoms with Gasteiger partial charge in [-0.3, -0.25) is 9.78 Å². The molecule has 2 aliphatic rings. The maximum Gasteiger partial charge on any atom is 0.223 e. The first-order chi connectivity index (χ1) is 11.6. The number of nitrogens with zero attached hydrogens (tertiary/aromatic N) is 2. The second-order valence-corrected chi connectivity index (χ2v) is 6.12. The molecule has 0 radical (unpaired) electrons. The molecule has 1 aromatic carbocycles. The van der Waals surface area contributed by atoms with E-state index in [1.807, 2.05) is 18.2 Å². The van der Waals surface area contributed by atoms with Crippen molar-refractivity contribution in [2.45, 2.75) is 19.6 Å². The maximum absolute atomic E-state index is 11.6. The minimum absolute atomic E-state index is 0.00135. The van der Waals surface area contributed by atoms with Gasteiger partial charge in [-0.15, -0.1) is 0 Å². The average Bonchev–Trinajstić information content (AvgIpc) is 2.56. The number of nitrogens with one attached hydrogen (secondary N) is 1. The standard InChI is InChI=1S/C18H19N3O3/c1-11(22)21(2)13-3-4-15-12(5-13)10-23-18-16(15)8-20-9-17(18)24-14-6-19-7-14/h3-5,8-9,14,19H,6-7,10H2,1-2H3. The quantitative estimate of drug-likeness (QED) is 0.935. The Morgan fingerprint density at radius 1 is 1.33 bits per heavy atom. The molecule has 124 valence electrons. The van der Waals surface area contributed by atoms with Gasteiger partial charge in [-0.25, -0.2) is 0 Å². The zero-order valence-electron chi connectivity index (χ0n) is 13.7. The van der Waals surface area contributed by atoms with Gasteiger partial charge in [0.1, 0.15) is 12.7 Å². The van der Waals surface area contributed by atoms with Gasteiger partial charge in [-0.2, -0.15) is 0 Å². The van der Waals surface area contributed by atoms with E-state index in [2.05, 4.69) is 10.3 Å². The number of benzene rings is 1. The predicted octanol–water partition coefficient (Wildman–Crippen LogP) is 1.97. The highest BCUT2D eigenvalue weighted by molar-refractivity contribution is 5.91. The number of anilines is 1. The summed E-state index contributed by atoms with van der Waals surface area (Å²) in [4.78, 5) is 17.5. The zero-order valence-corrected chi connectivity index (χ0v) is 13.7. The van der Waals surface area contributed by atoms with E-state index in [9.17, 15) is 4.79 Å². The van der Waals surface area contributed by atoms with Crippen LogP contribution in [-0.4, -0.2) is 37.1 Å². The van der Waals surface area contributed by atoms with E-state index >= 15 is 0 Å². The molecule has 2 aliphatic heterocycles. The molecule has 3 heterocycles. The molecule has 2 aromatic rings. The molecule has 0 unspecified atom stereocenters. The average molecular weight is 325 g/mol. The van der Waals surface area contributed by atoms with Crippen molar-refractivity contribution in [3.8, 4) is 22.6 Å². The van der Waals surface area contributed by atoms with Crippen molar-refractivity contribution in [3.63, 3.8) is 0 Å². The Bertz CT molecular complexity index is 802. The number of hydrogen-bond acceptors (Lipinski definition) is 5. The van der Waals surface area contributed by atoms with Crippen LogP contribution in [0.25, 0.3) is 11.1 Å². The summed E-state index contributed by atoms with van der Waals surface area (Å²) in [5.74, 6) is 1.44. The lowest BCUT2D eigenvalue weighted by molar-refractivity contribution is -0.116. The Balaban J connectivity index is 1.70. The summed E-state index contributed by atoms with van der Waals surface area (Å²) in [7, 11) is 1.77.